The molecule has 1 aromatic carbocycles. The van der Waals surface area contributed by atoms with Gasteiger partial charge in [0, 0.05) is 18.7 Å². The molecule has 1 aliphatic rings. The molecule has 2 heterocycles. The lowest BCUT2D eigenvalue weighted by Gasteiger charge is -2.15. The van der Waals surface area contributed by atoms with E-state index in [-0.39, 0.29) is 11.4 Å². The Morgan fingerprint density at radius 1 is 1.19 bits per heavy atom. The first-order chi connectivity index (χ1) is 10.1. The van der Waals surface area contributed by atoms with Gasteiger partial charge in [-0.3, -0.25) is 0 Å². The molecule has 2 N–H and O–H groups in total. The molecule has 0 spiro atoms. The number of aromatic nitrogens is 2. The summed E-state index contributed by atoms with van der Waals surface area (Å²) < 4.78 is 31.2. The minimum Gasteiger partial charge on any atom is -0.338 e. The zero-order chi connectivity index (χ0) is 14.9. The van der Waals surface area contributed by atoms with Crippen LogP contribution in [-0.2, 0) is 16.6 Å². The smallest absolute Gasteiger partial charge is 0.243 e. The average molecular weight is 308 g/mol. The van der Waals surface area contributed by atoms with Crippen molar-refractivity contribution in [2.24, 2.45) is 5.73 Å². The SMILES string of the molecule is NCc1nc(-c2ccc(S(=O)(=O)N3CCCC3)cc2)no1. The second kappa shape index (κ2) is 5.55. The molecule has 0 saturated carbocycles. The number of nitrogens with two attached hydrogens (primary N) is 1. The van der Waals surface area contributed by atoms with E-state index in [1.165, 1.54) is 4.31 Å². The Balaban J connectivity index is 1.86. The van der Waals surface area contributed by atoms with Gasteiger partial charge in [0.15, 0.2) is 0 Å². The van der Waals surface area contributed by atoms with E-state index in [0.717, 1.165) is 12.8 Å². The minimum atomic E-state index is -3.39. The molecule has 1 aliphatic heterocycles. The van der Waals surface area contributed by atoms with Crippen LogP contribution >= 0.6 is 0 Å². The van der Waals surface area contributed by atoms with E-state index >= 15 is 0 Å². The highest BCUT2D eigenvalue weighted by Gasteiger charge is 2.27. The number of hydrogen-bond acceptors (Lipinski definition) is 6. The van der Waals surface area contributed by atoms with E-state index in [2.05, 4.69) is 10.1 Å². The highest BCUT2D eigenvalue weighted by molar-refractivity contribution is 7.89. The first-order valence-electron chi connectivity index (χ1n) is 6.74. The van der Waals surface area contributed by atoms with Crippen molar-refractivity contribution in [2.45, 2.75) is 24.3 Å². The molecule has 0 bridgehead atoms. The number of sulfonamides is 1. The summed E-state index contributed by atoms with van der Waals surface area (Å²) in [6.45, 7) is 1.36. The second-order valence-electron chi connectivity index (χ2n) is 4.85. The van der Waals surface area contributed by atoms with Crippen molar-refractivity contribution in [2.75, 3.05) is 13.1 Å². The van der Waals surface area contributed by atoms with Crippen molar-refractivity contribution in [3.05, 3.63) is 30.2 Å². The zero-order valence-electron chi connectivity index (χ0n) is 11.4. The van der Waals surface area contributed by atoms with Crippen molar-refractivity contribution in [1.29, 1.82) is 0 Å². The molecule has 2 aromatic rings. The van der Waals surface area contributed by atoms with E-state index in [9.17, 15) is 8.42 Å². The van der Waals surface area contributed by atoms with E-state index in [1.807, 2.05) is 0 Å². The molecule has 1 aromatic heterocycles. The molecule has 0 aliphatic carbocycles. The second-order valence-corrected chi connectivity index (χ2v) is 6.79. The van der Waals surface area contributed by atoms with Crippen molar-refractivity contribution < 1.29 is 12.9 Å². The lowest BCUT2D eigenvalue weighted by atomic mass is 10.2. The Kier molecular flexibility index (Phi) is 3.75. The van der Waals surface area contributed by atoms with E-state index in [0.29, 0.717) is 30.4 Å². The van der Waals surface area contributed by atoms with Crippen LogP contribution in [0.1, 0.15) is 18.7 Å². The van der Waals surface area contributed by atoms with Gasteiger partial charge in [-0.25, -0.2) is 8.42 Å². The molecule has 0 atom stereocenters. The fourth-order valence-electron chi connectivity index (χ4n) is 2.31. The van der Waals surface area contributed by atoms with Crippen LogP contribution in [0.5, 0.6) is 0 Å². The van der Waals surface area contributed by atoms with Gasteiger partial charge in [0.25, 0.3) is 0 Å². The van der Waals surface area contributed by atoms with Gasteiger partial charge in [-0.05, 0) is 37.1 Å². The van der Waals surface area contributed by atoms with Crippen LogP contribution in [0.4, 0.5) is 0 Å². The third kappa shape index (κ3) is 2.69. The Bertz CT molecular complexity index is 718. The maximum atomic E-state index is 12.4. The van der Waals surface area contributed by atoms with E-state index in [4.69, 9.17) is 10.3 Å². The summed E-state index contributed by atoms with van der Waals surface area (Å²) in [5, 5.41) is 3.80. The summed E-state index contributed by atoms with van der Waals surface area (Å²) in [5.41, 5.74) is 6.10. The summed E-state index contributed by atoms with van der Waals surface area (Å²) in [6, 6.07) is 6.49. The van der Waals surface area contributed by atoms with Crippen molar-refractivity contribution in [3.63, 3.8) is 0 Å². The van der Waals surface area contributed by atoms with Gasteiger partial charge in [0.1, 0.15) is 0 Å². The molecule has 0 unspecified atom stereocenters. The molecular weight excluding hydrogens is 292 g/mol. The Morgan fingerprint density at radius 2 is 1.86 bits per heavy atom. The summed E-state index contributed by atoms with van der Waals surface area (Å²) >= 11 is 0. The average Bonchev–Trinajstić information content (AvgIpc) is 3.19. The quantitative estimate of drug-likeness (QED) is 0.903. The first-order valence-corrected chi connectivity index (χ1v) is 8.18. The molecular formula is C13H16N4O3S. The summed E-state index contributed by atoms with van der Waals surface area (Å²) in [4.78, 5) is 4.39. The maximum Gasteiger partial charge on any atom is 0.243 e. The Hall–Kier alpha value is -1.77. The number of rotatable bonds is 4. The largest absolute Gasteiger partial charge is 0.338 e. The Morgan fingerprint density at radius 3 is 2.43 bits per heavy atom. The molecule has 8 heteroatoms. The zero-order valence-corrected chi connectivity index (χ0v) is 12.2. The van der Waals surface area contributed by atoms with Gasteiger partial charge >= 0.3 is 0 Å². The standard InChI is InChI=1S/C13H16N4O3S/c14-9-12-15-13(16-20-12)10-3-5-11(6-4-10)21(18,19)17-7-1-2-8-17/h3-6H,1-2,7-9,14H2. The lowest BCUT2D eigenvalue weighted by molar-refractivity contribution is 0.380. The highest BCUT2D eigenvalue weighted by Crippen LogP contribution is 2.23. The van der Waals surface area contributed by atoms with Gasteiger partial charge in [-0.1, -0.05) is 5.16 Å². The fraction of sp³-hybridized carbons (Fsp3) is 0.385. The molecule has 0 radical (unpaired) electrons. The van der Waals surface area contributed by atoms with E-state index < -0.39 is 10.0 Å². The van der Waals surface area contributed by atoms with Gasteiger partial charge in [-0.2, -0.15) is 9.29 Å². The predicted octanol–water partition coefficient (Wildman–Crippen LogP) is 0.980. The van der Waals surface area contributed by atoms with Crippen molar-refractivity contribution >= 4 is 10.0 Å². The number of hydrogen-bond donors (Lipinski definition) is 1. The summed E-state index contributed by atoms with van der Waals surface area (Å²) in [7, 11) is -3.39. The van der Waals surface area contributed by atoms with Crippen LogP contribution in [0.15, 0.2) is 33.7 Å². The third-order valence-electron chi connectivity index (χ3n) is 3.46. The van der Waals surface area contributed by atoms with Crippen LogP contribution in [-0.4, -0.2) is 36.0 Å². The fourth-order valence-corrected chi connectivity index (χ4v) is 3.83. The van der Waals surface area contributed by atoms with Crippen LogP contribution in [0.3, 0.4) is 0 Å². The monoisotopic (exact) mass is 308 g/mol. The van der Waals surface area contributed by atoms with Gasteiger partial charge in [0.2, 0.25) is 21.7 Å². The normalized spacial score (nSPS) is 16.4. The Labute approximate surface area is 122 Å². The maximum absolute atomic E-state index is 12.4. The molecule has 1 fully saturated rings. The summed E-state index contributed by atoms with van der Waals surface area (Å²) in [5.74, 6) is 0.749. The molecule has 1 saturated heterocycles. The van der Waals surface area contributed by atoms with Crippen LogP contribution in [0.25, 0.3) is 11.4 Å². The van der Waals surface area contributed by atoms with Crippen LogP contribution < -0.4 is 5.73 Å². The van der Waals surface area contributed by atoms with Crippen molar-refractivity contribution in [3.8, 4) is 11.4 Å². The van der Waals surface area contributed by atoms with Crippen molar-refractivity contribution in [1.82, 2.24) is 14.4 Å². The number of nitrogens with zero attached hydrogens (tertiary/aromatic N) is 3. The van der Waals surface area contributed by atoms with E-state index in [1.54, 1.807) is 24.3 Å². The van der Waals surface area contributed by atoms with Gasteiger partial charge in [0.05, 0.1) is 11.4 Å². The lowest BCUT2D eigenvalue weighted by Crippen LogP contribution is -2.27. The minimum absolute atomic E-state index is 0.175. The molecule has 0 amide bonds. The van der Waals surface area contributed by atoms with Crippen LogP contribution in [0.2, 0.25) is 0 Å². The predicted molar refractivity (Wildman–Crippen MR) is 75.6 cm³/mol. The van der Waals surface area contributed by atoms with Gasteiger partial charge in [-0.15, -0.1) is 0 Å². The first kappa shape index (κ1) is 14.2. The highest BCUT2D eigenvalue weighted by atomic mass is 32.2. The summed E-state index contributed by atoms with van der Waals surface area (Å²) in [6.07, 6.45) is 1.84. The van der Waals surface area contributed by atoms with Crippen LogP contribution in [0, 0.1) is 0 Å². The molecule has 7 nitrogen and oxygen atoms in total. The third-order valence-corrected chi connectivity index (χ3v) is 5.37. The molecule has 3 rings (SSSR count). The molecule has 112 valence electrons. The topological polar surface area (TPSA) is 102 Å². The molecule has 21 heavy (non-hydrogen) atoms. The number of benzene rings is 1. The van der Waals surface area contributed by atoms with Gasteiger partial charge < -0.3 is 10.3 Å².